The van der Waals surface area contributed by atoms with Gasteiger partial charge in [0.1, 0.15) is 10.3 Å². The van der Waals surface area contributed by atoms with Gasteiger partial charge in [-0.15, -0.1) is 0 Å². The van der Waals surface area contributed by atoms with Gasteiger partial charge in [-0.3, -0.25) is 4.79 Å². The van der Waals surface area contributed by atoms with E-state index in [1.54, 1.807) is 36.5 Å². The molecule has 2 heterocycles. The average molecular weight is 313 g/mol. The lowest BCUT2D eigenvalue weighted by Gasteiger charge is -2.05. The Balaban J connectivity index is 2.20. The van der Waals surface area contributed by atoms with Crippen molar-refractivity contribution in [3.05, 3.63) is 52.0 Å². The normalized spacial score (nSPS) is 10.0. The zero-order valence-corrected chi connectivity index (χ0v) is 10.9. The minimum atomic E-state index is -0.332. The topological polar surface area (TPSA) is 54.9 Å². The third kappa shape index (κ3) is 3.01. The molecule has 6 heteroatoms. The van der Waals surface area contributed by atoms with Gasteiger partial charge < -0.3 is 5.32 Å². The number of hydrogen-bond donors (Lipinski definition) is 1. The van der Waals surface area contributed by atoms with Crippen molar-refractivity contribution < 1.29 is 4.79 Å². The first-order chi connectivity index (χ1) is 8.16. The first-order valence-electron chi connectivity index (χ1n) is 4.71. The Kier molecular flexibility index (Phi) is 3.71. The second kappa shape index (κ2) is 5.25. The number of aromatic nitrogens is 2. The van der Waals surface area contributed by atoms with Crippen LogP contribution in [0.5, 0.6) is 0 Å². The molecule has 1 N–H and O–H groups in total. The summed E-state index contributed by atoms with van der Waals surface area (Å²) in [5.74, 6) is -0.332. The number of nitrogens with zero attached hydrogens (tertiary/aromatic N) is 2. The lowest BCUT2D eigenvalue weighted by molar-refractivity contribution is 0.102. The third-order valence-electron chi connectivity index (χ3n) is 1.96. The molecule has 1 amide bonds. The fourth-order valence-electron chi connectivity index (χ4n) is 1.20. The first kappa shape index (κ1) is 12.0. The summed E-state index contributed by atoms with van der Waals surface area (Å²) >= 11 is 9.03. The Morgan fingerprint density at radius 1 is 1.29 bits per heavy atom. The molecule has 0 radical (unpaired) electrons. The third-order valence-corrected chi connectivity index (χ3v) is 2.70. The monoisotopic (exact) mass is 311 g/mol. The number of amides is 1. The number of rotatable bonds is 2. The van der Waals surface area contributed by atoms with Crippen molar-refractivity contribution in [2.45, 2.75) is 0 Å². The predicted octanol–water partition coefficient (Wildman–Crippen LogP) is 3.14. The Morgan fingerprint density at radius 2 is 2.12 bits per heavy atom. The summed E-state index contributed by atoms with van der Waals surface area (Å²) in [6, 6.07) is 8.45. The van der Waals surface area contributed by atoms with Crippen LogP contribution >= 0.6 is 27.5 Å². The molecule has 2 rings (SSSR count). The smallest absolute Gasteiger partial charge is 0.274 e. The van der Waals surface area contributed by atoms with E-state index in [2.05, 4.69) is 31.2 Å². The lowest BCUT2D eigenvalue weighted by Crippen LogP contribution is -2.14. The van der Waals surface area contributed by atoms with Gasteiger partial charge in [-0.2, -0.15) is 0 Å². The summed E-state index contributed by atoms with van der Waals surface area (Å²) in [6.07, 6.45) is 1.55. The highest BCUT2D eigenvalue weighted by Gasteiger charge is 2.09. The van der Waals surface area contributed by atoms with E-state index >= 15 is 0 Å². The minimum absolute atomic E-state index is 0.246. The highest BCUT2D eigenvalue weighted by molar-refractivity contribution is 9.10. The maximum absolute atomic E-state index is 11.8. The standard InChI is InChI=1S/C11H7BrClN3O/c12-9-5-1-3-8(15-9)11(17)16-7-4-2-6-14-10(7)13/h1-6H,(H,16,17). The molecular formula is C11H7BrClN3O. The Hall–Kier alpha value is -1.46. The van der Waals surface area contributed by atoms with Crippen LogP contribution in [0.3, 0.4) is 0 Å². The van der Waals surface area contributed by atoms with Crippen LogP contribution < -0.4 is 5.32 Å². The predicted molar refractivity (Wildman–Crippen MR) is 69.1 cm³/mol. The molecule has 0 aromatic carbocycles. The van der Waals surface area contributed by atoms with Gasteiger partial charge in [0.25, 0.3) is 5.91 Å². The van der Waals surface area contributed by atoms with Crippen molar-refractivity contribution in [3.63, 3.8) is 0 Å². The van der Waals surface area contributed by atoms with Crippen molar-refractivity contribution >= 4 is 39.1 Å². The zero-order valence-electron chi connectivity index (χ0n) is 8.52. The van der Waals surface area contributed by atoms with E-state index in [-0.39, 0.29) is 11.1 Å². The summed E-state index contributed by atoms with van der Waals surface area (Å²) < 4.78 is 0.599. The summed E-state index contributed by atoms with van der Waals surface area (Å²) in [5.41, 5.74) is 0.764. The van der Waals surface area contributed by atoms with E-state index in [4.69, 9.17) is 11.6 Å². The SMILES string of the molecule is O=C(Nc1cccnc1Cl)c1cccc(Br)n1. The molecule has 2 aromatic rings. The summed E-state index contributed by atoms with van der Waals surface area (Å²) in [7, 11) is 0. The number of carbonyl (C=O) groups is 1. The van der Waals surface area contributed by atoms with Crippen molar-refractivity contribution in [3.8, 4) is 0 Å². The van der Waals surface area contributed by atoms with E-state index in [0.29, 0.717) is 16.0 Å². The number of anilines is 1. The minimum Gasteiger partial charge on any atom is -0.318 e. The number of carbonyl (C=O) groups excluding carboxylic acids is 1. The molecule has 86 valence electrons. The largest absolute Gasteiger partial charge is 0.318 e. The molecule has 0 bridgehead atoms. The number of hydrogen-bond acceptors (Lipinski definition) is 3. The molecule has 0 unspecified atom stereocenters. The second-order valence-electron chi connectivity index (χ2n) is 3.14. The molecule has 4 nitrogen and oxygen atoms in total. The summed E-state index contributed by atoms with van der Waals surface area (Å²) in [4.78, 5) is 19.7. The number of pyridine rings is 2. The lowest BCUT2D eigenvalue weighted by atomic mass is 10.3. The van der Waals surface area contributed by atoms with Crippen LogP contribution in [0, 0.1) is 0 Å². The van der Waals surface area contributed by atoms with Gasteiger partial charge in [0.05, 0.1) is 5.69 Å². The fraction of sp³-hybridized carbons (Fsp3) is 0. The second-order valence-corrected chi connectivity index (χ2v) is 4.31. The van der Waals surface area contributed by atoms with Crippen LogP contribution in [0.15, 0.2) is 41.1 Å². The molecule has 0 aliphatic carbocycles. The van der Waals surface area contributed by atoms with Gasteiger partial charge in [-0.1, -0.05) is 17.7 Å². The van der Waals surface area contributed by atoms with E-state index in [0.717, 1.165) is 0 Å². The Labute approximate surface area is 111 Å². The van der Waals surface area contributed by atoms with Gasteiger partial charge in [0, 0.05) is 6.20 Å². The van der Waals surface area contributed by atoms with Crippen molar-refractivity contribution in [1.29, 1.82) is 0 Å². The van der Waals surface area contributed by atoms with Crippen LogP contribution in [0.4, 0.5) is 5.69 Å². The molecule has 17 heavy (non-hydrogen) atoms. The van der Waals surface area contributed by atoms with Crippen molar-refractivity contribution in [2.75, 3.05) is 5.32 Å². The summed E-state index contributed by atoms with van der Waals surface area (Å²) in [5, 5.41) is 2.88. The van der Waals surface area contributed by atoms with Crippen LogP contribution in [-0.2, 0) is 0 Å². The molecule has 0 spiro atoms. The Bertz CT molecular complexity index is 562. The quantitative estimate of drug-likeness (QED) is 0.867. The maximum atomic E-state index is 11.8. The number of halogens is 2. The molecular weight excluding hydrogens is 305 g/mol. The molecule has 0 atom stereocenters. The average Bonchev–Trinajstić information content (AvgIpc) is 2.32. The number of nitrogens with one attached hydrogen (secondary N) is 1. The maximum Gasteiger partial charge on any atom is 0.274 e. The fourth-order valence-corrected chi connectivity index (χ4v) is 1.71. The highest BCUT2D eigenvalue weighted by atomic mass is 79.9. The van der Waals surface area contributed by atoms with Gasteiger partial charge in [0.15, 0.2) is 5.15 Å². The van der Waals surface area contributed by atoms with Crippen molar-refractivity contribution in [2.24, 2.45) is 0 Å². The van der Waals surface area contributed by atoms with Gasteiger partial charge in [-0.25, -0.2) is 9.97 Å². The molecule has 0 aliphatic heterocycles. The summed E-state index contributed by atoms with van der Waals surface area (Å²) in [6.45, 7) is 0. The molecule has 0 saturated heterocycles. The van der Waals surface area contributed by atoms with Crippen LogP contribution in [0.2, 0.25) is 5.15 Å². The molecule has 0 fully saturated rings. The molecule has 2 aromatic heterocycles. The zero-order chi connectivity index (χ0) is 12.3. The highest BCUT2D eigenvalue weighted by Crippen LogP contribution is 2.18. The van der Waals surface area contributed by atoms with E-state index in [1.807, 2.05) is 0 Å². The van der Waals surface area contributed by atoms with Gasteiger partial charge in [-0.05, 0) is 40.2 Å². The molecule has 0 saturated carbocycles. The Morgan fingerprint density at radius 3 is 2.82 bits per heavy atom. The van der Waals surface area contributed by atoms with E-state index in [9.17, 15) is 4.79 Å². The van der Waals surface area contributed by atoms with E-state index in [1.165, 1.54) is 0 Å². The van der Waals surface area contributed by atoms with Crippen molar-refractivity contribution in [1.82, 2.24) is 9.97 Å². The van der Waals surface area contributed by atoms with Crippen LogP contribution in [0.1, 0.15) is 10.5 Å². The van der Waals surface area contributed by atoms with E-state index < -0.39 is 0 Å². The van der Waals surface area contributed by atoms with Crippen LogP contribution in [0.25, 0.3) is 0 Å². The van der Waals surface area contributed by atoms with Gasteiger partial charge >= 0.3 is 0 Å². The molecule has 0 aliphatic rings. The first-order valence-corrected chi connectivity index (χ1v) is 5.88. The van der Waals surface area contributed by atoms with Gasteiger partial charge in [0.2, 0.25) is 0 Å². The van der Waals surface area contributed by atoms with Crippen LogP contribution in [-0.4, -0.2) is 15.9 Å².